The Hall–Kier alpha value is -2.66. The number of nitrogens with zero attached hydrogens (tertiary/aromatic N) is 3. The van der Waals surface area contributed by atoms with Gasteiger partial charge in [0, 0.05) is 49.9 Å². The summed E-state index contributed by atoms with van der Waals surface area (Å²) in [6.45, 7) is 3.90. The summed E-state index contributed by atoms with van der Waals surface area (Å²) in [6, 6.07) is 6.62. The van der Waals surface area contributed by atoms with Crippen LogP contribution in [0.5, 0.6) is 0 Å². The second-order valence-electron chi connectivity index (χ2n) is 6.92. The van der Waals surface area contributed by atoms with Gasteiger partial charge >= 0.3 is 11.2 Å². The number of nitrogens with one attached hydrogen (secondary N) is 1. The Morgan fingerprint density at radius 1 is 1.20 bits per heavy atom. The maximum atomic E-state index is 12.9. The van der Waals surface area contributed by atoms with E-state index in [2.05, 4.69) is 10.2 Å². The Morgan fingerprint density at radius 3 is 2.57 bits per heavy atom. The van der Waals surface area contributed by atoms with Gasteiger partial charge in [-0.2, -0.15) is 13.2 Å². The first-order valence-electron chi connectivity index (χ1n) is 9.40. The Labute approximate surface area is 175 Å². The average Bonchev–Trinajstić information content (AvgIpc) is 3.22. The summed E-state index contributed by atoms with van der Waals surface area (Å²) in [5, 5.41) is 14.8. The molecule has 162 valence electrons. The van der Waals surface area contributed by atoms with Crippen molar-refractivity contribution in [3.8, 4) is 0 Å². The summed E-state index contributed by atoms with van der Waals surface area (Å²) in [7, 11) is 0. The number of hydrogen-bond acceptors (Lipinski definition) is 6. The Bertz CT molecular complexity index is 895. The number of halogens is 3. The molecule has 30 heavy (non-hydrogen) atoms. The third-order valence-electron chi connectivity index (χ3n) is 4.88. The first-order chi connectivity index (χ1) is 14.2. The summed E-state index contributed by atoms with van der Waals surface area (Å²) in [6.07, 6.45) is -3.64. The maximum absolute atomic E-state index is 12.9. The Morgan fingerprint density at radius 2 is 1.93 bits per heavy atom. The summed E-state index contributed by atoms with van der Waals surface area (Å²) < 4.78 is 38.7. The molecule has 1 N–H and O–H groups in total. The van der Waals surface area contributed by atoms with Crippen LogP contribution >= 0.6 is 11.3 Å². The van der Waals surface area contributed by atoms with E-state index in [0.717, 1.165) is 37.0 Å². The van der Waals surface area contributed by atoms with Gasteiger partial charge in [0.1, 0.15) is 0 Å². The largest absolute Gasteiger partial charge is 0.416 e. The first kappa shape index (κ1) is 22.0. The van der Waals surface area contributed by atoms with E-state index in [9.17, 15) is 28.1 Å². The van der Waals surface area contributed by atoms with Crippen molar-refractivity contribution in [3.63, 3.8) is 0 Å². The molecule has 0 spiro atoms. The van der Waals surface area contributed by atoms with Gasteiger partial charge in [-0.25, -0.2) is 0 Å². The van der Waals surface area contributed by atoms with E-state index in [0.29, 0.717) is 31.7 Å². The summed E-state index contributed by atoms with van der Waals surface area (Å²) in [4.78, 5) is 26.3. The smallest absolute Gasteiger partial charge is 0.369 e. The van der Waals surface area contributed by atoms with E-state index >= 15 is 0 Å². The van der Waals surface area contributed by atoms with Crippen molar-refractivity contribution in [1.82, 2.24) is 10.2 Å². The highest BCUT2D eigenvalue weighted by Crippen LogP contribution is 2.31. The van der Waals surface area contributed by atoms with Crippen LogP contribution in [0.4, 0.5) is 23.9 Å². The van der Waals surface area contributed by atoms with Crippen molar-refractivity contribution < 1.29 is 22.9 Å². The van der Waals surface area contributed by atoms with E-state index < -0.39 is 16.7 Å². The van der Waals surface area contributed by atoms with Crippen molar-refractivity contribution in [3.05, 3.63) is 57.0 Å². The number of amides is 1. The number of piperazine rings is 1. The fourth-order valence-corrected chi connectivity index (χ4v) is 3.96. The topological polar surface area (TPSA) is 78.7 Å². The van der Waals surface area contributed by atoms with Crippen LogP contribution in [0, 0.1) is 10.1 Å². The third kappa shape index (κ3) is 5.70. The monoisotopic (exact) mass is 442 g/mol. The van der Waals surface area contributed by atoms with Gasteiger partial charge in [0.15, 0.2) is 0 Å². The molecular weight excluding hydrogens is 421 g/mol. The molecule has 3 rings (SSSR count). The molecule has 0 radical (unpaired) electrons. The lowest BCUT2D eigenvalue weighted by molar-refractivity contribution is -0.380. The van der Waals surface area contributed by atoms with Crippen molar-refractivity contribution in [2.75, 3.05) is 44.2 Å². The first-order valence-corrected chi connectivity index (χ1v) is 10.3. The molecule has 0 saturated carbocycles. The summed E-state index contributed by atoms with van der Waals surface area (Å²) >= 11 is 0.913. The molecule has 0 aliphatic carbocycles. The van der Waals surface area contributed by atoms with Gasteiger partial charge in [-0.15, -0.1) is 0 Å². The standard InChI is InChI=1S/C19H21F3N4O3S/c20-19(21,22)15-3-1-4-16(12-15)25-9-7-24(8-10-25)6-2-5-23-18(27)14-11-17(26(28)29)30-13-14/h1,3-4,11-13H,2,5-10H2,(H,23,27). The van der Waals surface area contributed by atoms with Crippen molar-refractivity contribution in [2.45, 2.75) is 12.6 Å². The molecule has 1 aliphatic heterocycles. The molecule has 2 aromatic rings. The van der Waals surface area contributed by atoms with Crippen LogP contribution in [-0.4, -0.2) is 55.0 Å². The highest BCUT2D eigenvalue weighted by atomic mass is 32.1. The number of hydrogen-bond donors (Lipinski definition) is 1. The fourth-order valence-electron chi connectivity index (χ4n) is 3.25. The molecule has 2 heterocycles. The molecule has 11 heteroatoms. The van der Waals surface area contributed by atoms with Gasteiger partial charge in [0.2, 0.25) is 0 Å². The quantitative estimate of drug-likeness (QED) is 0.403. The van der Waals surface area contributed by atoms with E-state index in [1.165, 1.54) is 23.6 Å². The van der Waals surface area contributed by atoms with Crippen molar-refractivity contribution in [2.24, 2.45) is 0 Å². The number of thiophene rings is 1. The highest BCUT2D eigenvalue weighted by molar-refractivity contribution is 7.13. The molecule has 7 nitrogen and oxygen atoms in total. The van der Waals surface area contributed by atoms with Crippen LogP contribution in [0.25, 0.3) is 0 Å². The third-order valence-corrected chi connectivity index (χ3v) is 5.76. The van der Waals surface area contributed by atoms with E-state index in [1.54, 1.807) is 6.07 Å². The number of benzene rings is 1. The molecule has 1 aromatic heterocycles. The molecule has 1 aliphatic rings. The lowest BCUT2D eigenvalue weighted by Crippen LogP contribution is -2.47. The highest BCUT2D eigenvalue weighted by Gasteiger charge is 2.31. The minimum atomic E-state index is -4.35. The minimum Gasteiger partial charge on any atom is -0.369 e. The number of anilines is 1. The lowest BCUT2D eigenvalue weighted by Gasteiger charge is -2.36. The number of alkyl halides is 3. The zero-order chi connectivity index (χ0) is 21.7. The lowest BCUT2D eigenvalue weighted by atomic mass is 10.1. The maximum Gasteiger partial charge on any atom is 0.416 e. The minimum absolute atomic E-state index is 0.0706. The van der Waals surface area contributed by atoms with Gasteiger partial charge in [0.05, 0.1) is 16.1 Å². The van der Waals surface area contributed by atoms with Crippen LogP contribution in [0.2, 0.25) is 0 Å². The van der Waals surface area contributed by atoms with Crippen LogP contribution in [0.1, 0.15) is 22.3 Å². The SMILES string of the molecule is O=C(NCCCN1CCN(c2cccc(C(F)(F)F)c2)CC1)c1csc([N+](=O)[O-])c1. The normalized spacial score (nSPS) is 15.2. The summed E-state index contributed by atoms with van der Waals surface area (Å²) in [5.74, 6) is -0.339. The molecule has 1 fully saturated rings. The van der Waals surface area contributed by atoms with Gasteiger partial charge in [-0.05, 0) is 31.2 Å². The fraction of sp³-hybridized carbons (Fsp3) is 0.421. The Kier molecular flexibility index (Phi) is 6.93. The molecule has 1 saturated heterocycles. The van der Waals surface area contributed by atoms with E-state index in [-0.39, 0.29) is 16.5 Å². The Balaban J connectivity index is 1.39. The number of rotatable bonds is 7. The zero-order valence-electron chi connectivity index (χ0n) is 16.0. The predicted molar refractivity (Wildman–Crippen MR) is 108 cm³/mol. The van der Waals surface area contributed by atoms with Crippen molar-refractivity contribution >= 4 is 27.9 Å². The van der Waals surface area contributed by atoms with Crippen LogP contribution < -0.4 is 10.2 Å². The summed E-state index contributed by atoms with van der Waals surface area (Å²) in [5.41, 5.74) is 0.206. The van der Waals surface area contributed by atoms with Crippen LogP contribution in [0.3, 0.4) is 0 Å². The predicted octanol–water partition coefficient (Wildman–Crippen LogP) is 3.62. The number of nitro groups is 1. The van der Waals surface area contributed by atoms with Gasteiger partial charge in [-0.3, -0.25) is 19.8 Å². The van der Waals surface area contributed by atoms with Crippen LogP contribution in [-0.2, 0) is 6.18 Å². The molecule has 0 atom stereocenters. The number of carbonyl (C=O) groups excluding carboxylic acids is 1. The van der Waals surface area contributed by atoms with E-state index in [4.69, 9.17) is 0 Å². The molecule has 0 unspecified atom stereocenters. The van der Waals surface area contributed by atoms with Crippen LogP contribution in [0.15, 0.2) is 35.7 Å². The molecular formula is C19H21F3N4O3S. The van der Waals surface area contributed by atoms with Gasteiger partial charge in [-0.1, -0.05) is 17.4 Å². The van der Waals surface area contributed by atoms with Gasteiger partial charge < -0.3 is 10.2 Å². The zero-order valence-corrected chi connectivity index (χ0v) is 16.8. The molecule has 1 amide bonds. The second-order valence-corrected chi connectivity index (χ2v) is 7.81. The average molecular weight is 442 g/mol. The van der Waals surface area contributed by atoms with Gasteiger partial charge in [0.25, 0.3) is 5.91 Å². The van der Waals surface area contributed by atoms with E-state index in [1.807, 2.05) is 4.90 Å². The number of carbonyl (C=O) groups is 1. The second kappa shape index (κ2) is 9.43. The molecule has 0 bridgehead atoms. The molecule has 1 aromatic carbocycles. The van der Waals surface area contributed by atoms with Crippen molar-refractivity contribution in [1.29, 1.82) is 0 Å².